The molecule has 0 aliphatic heterocycles. The van der Waals surface area contributed by atoms with Crippen molar-refractivity contribution in [3.63, 3.8) is 0 Å². The minimum absolute atomic E-state index is 0.779. The SMILES string of the molecule is c1ccc(-c2cc3ccc4c(oc5cccc(-c6c7ccccc7c(-c7cccc8c7-c7ccccc7C8)c7ccccc67)c54)c3o2)cc1. The summed E-state index contributed by atoms with van der Waals surface area (Å²) in [5.41, 5.74) is 13.9. The minimum Gasteiger partial charge on any atom is -0.452 e. The first-order chi connectivity index (χ1) is 24.3. The van der Waals surface area contributed by atoms with Crippen LogP contribution < -0.4 is 0 Å². The fraction of sp³-hybridized carbons (Fsp3) is 0.0213. The van der Waals surface area contributed by atoms with Gasteiger partial charge in [-0.3, -0.25) is 0 Å². The maximum absolute atomic E-state index is 6.68. The van der Waals surface area contributed by atoms with Crippen LogP contribution in [0.5, 0.6) is 0 Å². The molecule has 11 rings (SSSR count). The molecule has 8 aromatic carbocycles. The van der Waals surface area contributed by atoms with Crippen molar-refractivity contribution in [2.45, 2.75) is 6.42 Å². The van der Waals surface area contributed by atoms with Gasteiger partial charge in [0, 0.05) is 21.7 Å². The molecule has 1 aliphatic carbocycles. The highest BCUT2D eigenvalue weighted by atomic mass is 16.4. The van der Waals surface area contributed by atoms with Crippen molar-refractivity contribution in [1.82, 2.24) is 0 Å². The third-order valence-corrected chi connectivity index (χ3v) is 10.5. The normalized spacial score (nSPS) is 12.4. The molecule has 0 atom stereocenters. The zero-order chi connectivity index (χ0) is 32.1. The van der Waals surface area contributed by atoms with E-state index in [1.807, 2.05) is 18.2 Å². The van der Waals surface area contributed by atoms with E-state index in [0.717, 1.165) is 56.2 Å². The average Bonchev–Trinajstić information content (AvgIpc) is 3.88. The van der Waals surface area contributed by atoms with E-state index in [1.54, 1.807) is 0 Å². The zero-order valence-electron chi connectivity index (χ0n) is 26.5. The van der Waals surface area contributed by atoms with Crippen LogP contribution in [0.15, 0.2) is 167 Å². The van der Waals surface area contributed by atoms with Gasteiger partial charge in [-0.1, -0.05) is 140 Å². The van der Waals surface area contributed by atoms with E-state index in [9.17, 15) is 0 Å². The predicted molar refractivity (Wildman–Crippen MR) is 203 cm³/mol. The lowest BCUT2D eigenvalue weighted by molar-refractivity contribution is 0.611. The Balaban J connectivity index is 1.22. The molecule has 1 aliphatic rings. The molecule has 228 valence electrons. The van der Waals surface area contributed by atoms with E-state index in [-0.39, 0.29) is 0 Å². The van der Waals surface area contributed by atoms with Gasteiger partial charge in [0.2, 0.25) is 0 Å². The molecule has 2 heterocycles. The smallest absolute Gasteiger partial charge is 0.178 e. The molecule has 2 heteroatoms. The molecule has 0 saturated carbocycles. The topological polar surface area (TPSA) is 26.3 Å². The fourth-order valence-electron chi connectivity index (χ4n) is 8.44. The van der Waals surface area contributed by atoms with Crippen LogP contribution >= 0.6 is 0 Å². The maximum Gasteiger partial charge on any atom is 0.178 e. The fourth-order valence-corrected chi connectivity index (χ4v) is 8.44. The Hall–Kier alpha value is -6.38. The van der Waals surface area contributed by atoms with Gasteiger partial charge < -0.3 is 8.83 Å². The van der Waals surface area contributed by atoms with E-state index in [2.05, 4.69) is 140 Å². The summed E-state index contributed by atoms with van der Waals surface area (Å²) in [6.07, 6.45) is 0.971. The molecule has 0 spiro atoms. The molecule has 10 aromatic rings. The summed E-state index contributed by atoms with van der Waals surface area (Å²) >= 11 is 0. The van der Waals surface area contributed by atoms with Gasteiger partial charge in [0.1, 0.15) is 11.3 Å². The largest absolute Gasteiger partial charge is 0.452 e. The molecule has 0 unspecified atom stereocenters. The molecule has 2 aromatic heterocycles. The summed E-state index contributed by atoms with van der Waals surface area (Å²) in [6, 6.07) is 56.7. The van der Waals surface area contributed by atoms with Crippen molar-refractivity contribution in [2.75, 3.05) is 0 Å². The molecule has 0 amide bonds. The van der Waals surface area contributed by atoms with Crippen LogP contribution in [0.3, 0.4) is 0 Å². The van der Waals surface area contributed by atoms with Gasteiger partial charge in [0.25, 0.3) is 0 Å². The Morgan fingerprint density at radius 2 is 1.00 bits per heavy atom. The molecule has 49 heavy (non-hydrogen) atoms. The minimum atomic E-state index is 0.779. The lowest BCUT2D eigenvalue weighted by atomic mass is 9.83. The maximum atomic E-state index is 6.68. The lowest BCUT2D eigenvalue weighted by Crippen LogP contribution is -1.93. The van der Waals surface area contributed by atoms with Crippen LogP contribution in [-0.4, -0.2) is 0 Å². The average molecular weight is 625 g/mol. The first-order valence-corrected chi connectivity index (χ1v) is 16.9. The van der Waals surface area contributed by atoms with Crippen molar-refractivity contribution in [2.24, 2.45) is 0 Å². The zero-order valence-corrected chi connectivity index (χ0v) is 26.5. The number of benzene rings is 8. The van der Waals surface area contributed by atoms with Crippen molar-refractivity contribution in [1.29, 1.82) is 0 Å². The van der Waals surface area contributed by atoms with Crippen molar-refractivity contribution in [3.8, 4) is 44.7 Å². The molecule has 0 fully saturated rings. The lowest BCUT2D eigenvalue weighted by Gasteiger charge is -2.20. The van der Waals surface area contributed by atoms with Crippen LogP contribution in [0.1, 0.15) is 11.1 Å². The Bertz CT molecular complexity index is 2900. The quantitative estimate of drug-likeness (QED) is 0.183. The van der Waals surface area contributed by atoms with Gasteiger partial charge in [0.05, 0.1) is 0 Å². The second-order valence-corrected chi connectivity index (χ2v) is 13.1. The van der Waals surface area contributed by atoms with E-state index >= 15 is 0 Å². The van der Waals surface area contributed by atoms with Gasteiger partial charge in [-0.25, -0.2) is 0 Å². The monoisotopic (exact) mass is 624 g/mol. The third-order valence-electron chi connectivity index (χ3n) is 10.5. The highest BCUT2D eigenvalue weighted by Gasteiger charge is 2.26. The second-order valence-electron chi connectivity index (χ2n) is 13.1. The van der Waals surface area contributed by atoms with Crippen LogP contribution in [0.25, 0.3) is 99.2 Å². The van der Waals surface area contributed by atoms with E-state index in [4.69, 9.17) is 8.83 Å². The van der Waals surface area contributed by atoms with Gasteiger partial charge in [-0.2, -0.15) is 0 Å². The third kappa shape index (κ3) is 3.77. The van der Waals surface area contributed by atoms with Crippen LogP contribution in [0, 0.1) is 0 Å². The molecular formula is C47H28O2. The molecule has 0 saturated heterocycles. The summed E-state index contributed by atoms with van der Waals surface area (Å²) < 4.78 is 13.2. The Labute approximate surface area is 282 Å². The van der Waals surface area contributed by atoms with Crippen LogP contribution in [0.4, 0.5) is 0 Å². The van der Waals surface area contributed by atoms with Crippen molar-refractivity contribution in [3.05, 3.63) is 169 Å². The first kappa shape index (κ1) is 26.7. The number of furan rings is 2. The summed E-state index contributed by atoms with van der Waals surface area (Å²) in [4.78, 5) is 0. The molecule has 0 bridgehead atoms. The molecule has 0 radical (unpaired) electrons. The number of hydrogen-bond donors (Lipinski definition) is 0. The van der Waals surface area contributed by atoms with Crippen LogP contribution in [-0.2, 0) is 6.42 Å². The van der Waals surface area contributed by atoms with Gasteiger partial charge >= 0.3 is 0 Å². The number of rotatable bonds is 3. The summed E-state index contributed by atoms with van der Waals surface area (Å²) in [5, 5.41) is 8.15. The van der Waals surface area contributed by atoms with Crippen LogP contribution in [0.2, 0.25) is 0 Å². The standard InChI is InChI=1S/C47H28O2/c1-2-12-28(13-3-1)41-27-31-24-25-39-45-38(22-11-23-40(45)48-47(39)46(31)49-41)44-35-19-8-6-17-33(35)43(34-18-7-9-20-36(34)44)37-21-10-15-30-26-29-14-4-5-16-32(29)42(30)37/h1-25,27H,26H2. The van der Waals surface area contributed by atoms with E-state index in [0.29, 0.717) is 0 Å². The molecular weight excluding hydrogens is 597 g/mol. The highest BCUT2D eigenvalue weighted by molar-refractivity contribution is 6.27. The van der Waals surface area contributed by atoms with E-state index < -0.39 is 0 Å². The highest BCUT2D eigenvalue weighted by Crippen LogP contribution is 2.51. The van der Waals surface area contributed by atoms with E-state index in [1.165, 1.54) is 60.5 Å². The Morgan fingerprint density at radius 3 is 1.78 bits per heavy atom. The molecule has 0 N–H and O–H groups in total. The summed E-state index contributed by atoms with van der Waals surface area (Å²) in [6.45, 7) is 0. The Kier molecular flexibility index (Phi) is 5.47. The summed E-state index contributed by atoms with van der Waals surface area (Å²) in [5.74, 6) is 0.839. The number of hydrogen-bond acceptors (Lipinski definition) is 2. The van der Waals surface area contributed by atoms with Gasteiger partial charge in [-0.15, -0.1) is 0 Å². The van der Waals surface area contributed by atoms with Crippen molar-refractivity contribution >= 4 is 54.5 Å². The van der Waals surface area contributed by atoms with Crippen molar-refractivity contribution < 1.29 is 8.83 Å². The second kappa shape index (κ2) is 10.1. The molecule has 2 nitrogen and oxygen atoms in total. The summed E-state index contributed by atoms with van der Waals surface area (Å²) in [7, 11) is 0. The first-order valence-electron chi connectivity index (χ1n) is 16.9. The Morgan fingerprint density at radius 1 is 0.388 bits per heavy atom. The predicted octanol–water partition coefficient (Wildman–Crippen LogP) is 13.2. The number of fused-ring (bicyclic) bond motifs is 10. The van der Waals surface area contributed by atoms with Gasteiger partial charge in [-0.05, 0) is 90.7 Å². The van der Waals surface area contributed by atoms with Gasteiger partial charge in [0.15, 0.2) is 11.2 Å².